The van der Waals surface area contributed by atoms with Crippen molar-refractivity contribution in [2.24, 2.45) is 0 Å². The van der Waals surface area contributed by atoms with Crippen LogP contribution in [0.1, 0.15) is 10.6 Å². The Hall–Kier alpha value is -1.80. The fourth-order valence-electron chi connectivity index (χ4n) is 1.32. The van der Waals surface area contributed by atoms with Crippen molar-refractivity contribution in [1.29, 1.82) is 0 Å². The van der Waals surface area contributed by atoms with E-state index in [1.807, 2.05) is 0 Å². The van der Waals surface area contributed by atoms with Gasteiger partial charge >= 0.3 is 5.97 Å². The van der Waals surface area contributed by atoms with Crippen LogP contribution in [0.2, 0.25) is 0 Å². The van der Waals surface area contributed by atoms with Gasteiger partial charge in [0.05, 0.1) is 9.82 Å². The summed E-state index contributed by atoms with van der Waals surface area (Å²) in [5.41, 5.74) is -0.0762. The molecule has 0 amide bonds. The van der Waals surface area contributed by atoms with Gasteiger partial charge in [-0.25, -0.2) is 4.79 Å². The largest absolute Gasteiger partial charge is 0.475 e. The fourth-order valence-corrected chi connectivity index (χ4v) is 2.53. The Bertz CT molecular complexity index is 654. The van der Waals surface area contributed by atoms with Crippen LogP contribution < -0.4 is 0 Å². The number of hydrogen-bond donors (Lipinski definition) is 1. The average molecular weight is 344 g/mol. The zero-order valence-corrected chi connectivity index (χ0v) is 11.6. The second-order valence-electron chi connectivity index (χ2n) is 3.40. The zero-order valence-electron chi connectivity index (χ0n) is 9.20. The van der Waals surface area contributed by atoms with E-state index >= 15 is 0 Å². The van der Waals surface area contributed by atoms with Crippen LogP contribution in [0, 0.1) is 10.1 Å². The van der Waals surface area contributed by atoms with Gasteiger partial charge in [0.25, 0.3) is 5.69 Å². The molecule has 8 heteroatoms. The molecule has 0 saturated carbocycles. The van der Waals surface area contributed by atoms with Crippen molar-refractivity contribution in [2.45, 2.75) is 9.99 Å². The minimum absolute atomic E-state index is 0.0762. The molecule has 0 saturated heterocycles. The number of hydrogen-bond acceptors (Lipinski definition) is 5. The van der Waals surface area contributed by atoms with Crippen molar-refractivity contribution in [2.75, 3.05) is 0 Å². The molecule has 6 nitrogen and oxygen atoms in total. The monoisotopic (exact) mass is 343 g/mol. The van der Waals surface area contributed by atoms with E-state index in [9.17, 15) is 14.9 Å². The molecule has 0 radical (unpaired) electrons. The summed E-state index contributed by atoms with van der Waals surface area (Å²) in [5, 5.41) is 19.9. The van der Waals surface area contributed by atoms with Crippen LogP contribution in [-0.2, 0) is 0 Å². The van der Waals surface area contributed by atoms with Crippen LogP contribution in [0.25, 0.3) is 0 Å². The molecule has 0 aliphatic rings. The highest BCUT2D eigenvalue weighted by molar-refractivity contribution is 9.10. The maximum Gasteiger partial charge on any atom is 0.371 e. The number of halogens is 1. The van der Waals surface area contributed by atoms with Crippen molar-refractivity contribution in [3.63, 3.8) is 0 Å². The molecule has 0 bridgehead atoms. The van der Waals surface area contributed by atoms with Gasteiger partial charge < -0.3 is 9.52 Å². The number of carboxylic acids is 1. The lowest BCUT2D eigenvalue weighted by molar-refractivity contribution is -0.387. The van der Waals surface area contributed by atoms with E-state index in [-0.39, 0.29) is 16.5 Å². The van der Waals surface area contributed by atoms with Gasteiger partial charge in [-0.05, 0) is 36.0 Å². The van der Waals surface area contributed by atoms with E-state index in [1.165, 1.54) is 18.2 Å². The standard InChI is InChI=1S/C11H6BrNO5S/c12-6-1-3-9(7(5-6)13(16)17)19-10-4-2-8(18-10)11(14)15/h1-5H,(H,14,15). The van der Waals surface area contributed by atoms with Crippen molar-refractivity contribution < 1.29 is 19.2 Å². The van der Waals surface area contributed by atoms with E-state index in [0.717, 1.165) is 11.8 Å². The van der Waals surface area contributed by atoms with E-state index in [4.69, 9.17) is 9.52 Å². The third kappa shape index (κ3) is 3.15. The molecule has 1 heterocycles. The van der Waals surface area contributed by atoms with Gasteiger partial charge in [0.1, 0.15) is 0 Å². The highest BCUT2D eigenvalue weighted by Gasteiger charge is 2.17. The van der Waals surface area contributed by atoms with Crippen molar-refractivity contribution >= 4 is 39.3 Å². The molecule has 1 N–H and O–H groups in total. The summed E-state index contributed by atoms with van der Waals surface area (Å²) in [6.07, 6.45) is 0. The summed E-state index contributed by atoms with van der Waals surface area (Å²) in [5.74, 6) is -1.39. The molecule has 0 spiro atoms. The average Bonchev–Trinajstić information content (AvgIpc) is 2.80. The van der Waals surface area contributed by atoms with Gasteiger partial charge in [-0.2, -0.15) is 0 Å². The molecule has 19 heavy (non-hydrogen) atoms. The lowest BCUT2D eigenvalue weighted by Gasteiger charge is -2.00. The summed E-state index contributed by atoms with van der Waals surface area (Å²) >= 11 is 4.16. The number of carboxylic acid groups (broad SMARTS) is 1. The summed E-state index contributed by atoms with van der Waals surface area (Å²) in [7, 11) is 0. The summed E-state index contributed by atoms with van der Waals surface area (Å²) in [6.45, 7) is 0. The zero-order chi connectivity index (χ0) is 14.0. The SMILES string of the molecule is O=C(O)c1ccc(Sc2ccc(Br)cc2[N+](=O)[O-])o1. The number of benzene rings is 1. The van der Waals surface area contributed by atoms with Crippen LogP contribution >= 0.6 is 27.7 Å². The normalized spacial score (nSPS) is 10.4. The molecular formula is C11H6BrNO5S. The smallest absolute Gasteiger partial charge is 0.371 e. The predicted molar refractivity (Wildman–Crippen MR) is 70.6 cm³/mol. The first kappa shape index (κ1) is 13.6. The molecule has 2 aromatic rings. The molecule has 0 unspecified atom stereocenters. The molecule has 1 aromatic heterocycles. The summed E-state index contributed by atoms with van der Waals surface area (Å²) in [6, 6.07) is 7.37. The minimum atomic E-state index is -1.18. The molecule has 0 atom stereocenters. The number of rotatable bonds is 4. The number of carbonyl (C=O) groups is 1. The number of nitrogens with zero attached hydrogens (tertiary/aromatic N) is 1. The Labute approximate surface area is 119 Å². The Morgan fingerprint density at radius 1 is 1.37 bits per heavy atom. The second-order valence-corrected chi connectivity index (χ2v) is 5.36. The minimum Gasteiger partial charge on any atom is -0.475 e. The number of nitro groups is 1. The Kier molecular flexibility index (Phi) is 3.91. The van der Waals surface area contributed by atoms with Gasteiger partial charge in [-0.3, -0.25) is 10.1 Å². The van der Waals surface area contributed by atoms with E-state index < -0.39 is 10.9 Å². The number of aromatic carboxylic acids is 1. The van der Waals surface area contributed by atoms with E-state index in [0.29, 0.717) is 9.37 Å². The first-order valence-corrected chi connectivity index (χ1v) is 6.53. The van der Waals surface area contributed by atoms with Gasteiger partial charge in [-0.15, -0.1) is 0 Å². The van der Waals surface area contributed by atoms with E-state index in [2.05, 4.69) is 15.9 Å². The van der Waals surface area contributed by atoms with Gasteiger partial charge in [-0.1, -0.05) is 15.9 Å². The first-order chi connectivity index (χ1) is 8.97. The Morgan fingerprint density at radius 2 is 2.11 bits per heavy atom. The molecule has 0 aliphatic heterocycles. The highest BCUT2D eigenvalue weighted by Crippen LogP contribution is 2.37. The third-order valence-electron chi connectivity index (χ3n) is 2.12. The molecule has 2 rings (SSSR count). The lowest BCUT2D eigenvalue weighted by atomic mass is 10.3. The van der Waals surface area contributed by atoms with Gasteiger partial charge in [0.15, 0.2) is 5.09 Å². The first-order valence-electron chi connectivity index (χ1n) is 4.92. The van der Waals surface area contributed by atoms with Crippen molar-refractivity contribution in [3.8, 4) is 0 Å². The Balaban J connectivity index is 2.32. The second kappa shape index (κ2) is 5.45. The van der Waals surface area contributed by atoms with Crippen molar-refractivity contribution in [1.82, 2.24) is 0 Å². The molecule has 1 aromatic carbocycles. The molecule has 0 aliphatic carbocycles. The topological polar surface area (TPSA) is 93.6 Å². The van der Waals surface area contributed by atoms with Crippen molar-refractivity contribution in [3.05, 3.63) is 50.7 Å². The Morgan fingerprint density at radius 3 is 2.68 bits per heavy atom. The van der Waals surface area contributed by atoms with Gasteiger partial charge in [0.2, 0.25) is 5.76 Å². The third-order valence-corrected chi connectivity index (χ3v) is 3.60. The highest BCUT2D eigenvalue weighted by atomic mass is 79.9. The molecular weight excluding hydrogens is 338 g/mol. The number of nitro benzene ring substituents is 1. The summed E-state index contributed by atoms with van der Waals surface area (Å²) in [4.78, 5) is 21.5. The van der Waals surface area contributed by atoms with Gasteiger partial charge in [0, 0.05) is 10.5 Å². The maximum atomic E-state index is 10.9. The van der Waals surface area contributed by atoms with Crippen LogP contribution in [0.4, 0.5) is 5.69 Å². The molecule has 0 fully saturated rings. The number of furan rings is 1. The molecule has 98 valence electrons. The maximum absolute atomic E-state index is 10.9. The van der Waals surface area contributed by atoms with E-state index in [1.54, 1.807) is 12.1 Å². The fraction of sp³-hybridized carbons (Fsp3) is 0. The predicted octanol–water partition coefficient (Wildman–Crippen LogP) is 3.80. The lowest BCUT2D eigenvalue weighted by Crippen LogP contribution is -1.92. The van der Waals surface area contributed by atoms with Crippen LogP contribution in [0.5, 0.6) is 0 Å². The quantitative estimate of drug-likeness (QED) is 0.670. The van der Waals surface area contributed by atoms with Crippen LogP contribution in [-0.4, -0.2) is 16.0 Å². The van der Waals surface area contributed by atoms with Crippen LogP contribution in [0.15, 0.2) is 49.2 Å². The van der Waals surface area contributed by atoms with Crippen LogP contribution in [0.3, 0.4) is 0 Å². The summed E-state index contributed by atoms with van der Waals surface area (Å²) < 4.78 is 5.63.